The number of ether oxygens (including phenoxy) is 1. The minimum atomic E-state index is -0.228. The van der Waals surface area contributed by atoms with Crippen molar-refractivity contribution in [3.05, 3.63) is 53.6 Å². The van der Waals surface area contributed by atoms with Gasteiger partial charge in [-0.3, -0.25) is 0 Å². The molecule has 0 aliphatic carbocycles. The number of piperidine rings is 1. The van der Waals surface area contributed by atoms with Gasteiger partial charge in [-0.1, -0.05) is 30.3 Å². The number of nitriles is 1. The van der Waals surface area contributed by atoms with Crippen LogP contribution in [-0.2, 0) is 6.54 Å². The maximum atomic E-state index is 9.78. The first kappa shape index (κ1) is 19.0. The molecule has 1 aromatic heterocycles. The van der Waals surface area contributed by atoms with E-state index in [1.807, 2.05) is 30.3 Å². The Bertz CT molecular complexity index is 1050. The van der Waals surface area contributed by atoms with Gasteiger partial charge in [-0.05, 0) is 30.5 Å². The van der Waals surface area contributed by atoms with Crippen LogP contribution < -0.4 is 15.0 Å². The van der Waals surface area contributed by atoms with Gasteiger partial charge in [-0.15, -0.1) is 10.2 Å². The molecule has 3 aromatic rings. The normalized spacial score (nSPS) is 14.6. The van der Waals surface area contributed by atoms with Gasteiger partial charge >= 0.3 is 0 Å². The largest absolute Gasteiger partial charge is 0.495 e. The van der Waals surface area contributed by atoms with Crippen LogP contribution >= 0.6 is 0 Å². The molecule has 0 spiro atoms. The maximum Gasteiger partial charge on any atom is 0.159 e. The molecule has 148 valence electrons. The first-order valence-electron chi connectivity index (χ1n) is 9.69. The molecule has 7 heteroatoms. The van der Waals surface area contributed by atoms with Crippen LogP contribution in [0.25, 0.3) is 10.8 Å². The Morgan fingerprint density at radius 2 is 1.93 bits per heavy atom. The molecule has 1 fully saturated rings. The number of hydrogen-bond acceptors (Lipinski definition) is 7. The second-order valence-corrected chi connectivity index (χ2v) is 7.14. The number of nitrogens with one attached hydrogen (secondary N) is 1. The highest BCUT2D eigenvalue weighted by Crippen LogP contribution is 2.30. The Morgan fingerprint density at radius 1 is 1.17 bits per heavy atom. The molecule has 0 atom stereocenters. The summed E-state index contributed by atoms with van der Waals surface area (Å²) in [6, 6.07) is 15.8. The van der Waals surface area contributed by atoms with Crippen LogP contribution in [0, 0.1) is 11.3 Å². The number of aliphatic hydroxyl groups excluding tert-OH is 1. The van der Waals surface area contributed by atoms with E-state index < -0.39 is 0 Å². The van der Waals surface area contributed by atoms with E-state index in [-0.39, 0.29) is 6.10 Å². The molecule has 1 saturated heterocycles. The number of aliphatic hydroxyl groups is 1. The fourth-order valence-electron chi connectivity index (χ4n) is 3.67. The lowest BCUT2D eigenvalue weighted by molar-refractivity contribution is 0.145. The highest BCUT2D eigenvalue weighted by molar-refractivity contribution is 5.98. The molecule has 2 heterocycles. The van der Waals surface area contributed by atoms with Crippen LogP contribution in [0.2, 0.25) is 0 Å². The molecule has 2 aromatic carbocycles. The number of fused-ring (bicyclic) bond motifs is 1. The molecule has 0 amide bonds. The van der Waals surface area contributed by atoms with Gasteiger partial charge in [0.25, 0.3) is 0 Å². The van der Waals surface area contributed by atoms with Gasteiger partial charge in [0.05, 0.1) is 18.8 Å². The average molecular weight is 389 g/mol. The second-order valence-electron chi connectivity index (χ2n) is 7.14. The zero-order valence-electron chi connectivity index (χ0n) is 16.3. The van der Waals surface area contributed by atoms with Crippen molar-refractivity contribution in [1.82, 2.24) is 10.2 Å². The highest BCUT2D eigenvalue weighted by Gasteiger charge is 2.21. The quantitative estimate of drug-likeness (QED) is 0.692. The van der Waals surface area contributed by atoms with Crippen LogP contribution in [0.5, 0.6) is 5.75 Å². The van der Waals surface area contributed by atoms with E-state index in [1.165, 1.54) is 0 Å². The molecular formula is C22H23N5O2. The summed E-state index contributed by atoms with van der Waals surface area (Å²) in [6.45, 7) is 2.07. The van der Waals surface area contributed by atoms with Crippen molar-refractivity contribution in [3.63, 3.8) is 0 Å². The van der Waals surface area contributed by atoms with Gasteiger partial charge in [-0.2, -0.15) is 5.26 Å². The van der Waals surface area contributed by atoms with E-state index in [9.17, 15) is 10.4 Å². The zero-order valence-corrected chi connectivity index (χ0v) is 16.3. The van der Waals surface area contributed by atoms with Crippen molar-refractivity contribution in [2.45, 2.75) is 25.5 Å². The molecule has 0 unspecified atom stereocenters. The summed E-state index contributed by atoms with van der Waals surface area (Å²) >= 11 is 0. The number of hydrogen-bond donors (Lipinski definition) is 2. The monoisotopic (exact) mass is 389 g/mol. The lowest BCUT2D eigenvalue weighted by atomic mass is 10.1. The number of nitrogens with zero attached hydrogens (tertiary/aromatic N) is 4. The third kappa shape index (κ3) is 3.93. The zero-order chi connectivity index (χ0) is 20.2. The summed E-state index contributed by atoms with van der Waals surface area (Å²) in [7, 11) is 1.56. The molecule has 1 aliphatic heterocycles. The topological polar surface area (TPSA) is 94.3 Å². The van der Waals surface area contributed by atoms with Crippen molar-refractivity contribution >= 4 is 22.4 Å². The number of rotatable bonds is 5. The van der Waals surface area contributed by atoms with Crippen LogP contribution in [-0.4, -0.2) is 41.6 Å². The number of methoxy groups -OCH3 is 1. The standard InChI is InChI=1S/C22H23N5O2/c1-29-20-7-6-15(12-16(20)13-23)14-24-21-18-4-2-3-5-19(18)22(26-25-21)27-10-8-17(28)9-11-27/h2-7,12,17,28H,8-11,14H2,1H3,(H,24,25). The van der Waals surface area contributed by atoms with Gasteiger partial charge in [-0.25, -0.2) is 0 Å². The summed E-state index contributed by atoms with van der Waals surface area (Å²) in [4.78, 5) is 2.19. The maximum absolute atomic E-state index is 9.78. The first-order chi connectivity index (χ1) is 14.2. The Balaban J connectivity index is 1.59. The summed E-state index contributed by atoms with van der Waals surface area (Å²) < 4.78 is 5.20. The highest BCUT2D eigenvalue weighted by atomic mass is 16.5. The third-order valence-electron chi connectivity index (χ3n) is 5.28. The number of aromatic nitrogens is 2. The van der Waals surface area contributed by atoms with Crippen LogP contribution in [0.15, 0.2) is 42.5 Å². The van der Waals surface area contributed by atoms with Gasteiger partial charge in [0.1, 0.15) is 11.8 Å². The van der Waals surface area contributed by atoms with E-state index in [2.05, 4.69) is 32.5 Å². The summed E-state index contributed by atoms with van der Waals surface area (Å²) in [5, 5.41) is 33.4. The SMILES string of the molecule is COc1ccc(CNc2nnc(N3CCC(O)CC3)c3ccccc23)cc1C#N. The molecule has 0 saturated carbocycles. The predicted octanol–water partition coefficient (Wildman–Crippen LogP) is 3.08. The van der Waals surface area contributed by atoms with Gasteiger partial charge in [0, 0.05) is 30.4 Å². The van der Waals surface area contributed by atoms with Gasteiger partial charge in [0.2, 0.25) is 0 Å². The Morgan fingerprint density at radius 3 is 2.66 bits per heavy atom. The summed E-state index contributed by atoms with van der Waals surface area (Å²) in [6.07, 6.45) is 1.26. The Labute approximate surface area is 169 Å². The third-order valence-corrected chi connectivity index (χ3v) is 5.28. The van der Waals surface area contributed by atoms with Crippen LogP contribution in [0.1, 0.15) is 24.0 Å². The molecule has 0 radical (unpaired) electrons. The fraction of sp³-hybridized carbons (Fsp3) is 0.318. The smallest absolute Gasteiger partial charge is 0.159 e. The Kier molecular flexibility index (Phi) is 5.45. The van der Waals surface area contributed by atoms with Crippen molar-refractivity contribution in [2.75, 3.05) is 30.4 Å². The van der Waals surface area contributed by atoms with E-state index >= 15 is 0 Å². The van der Waals surface area contributed by atoms with E-state index in [0.29, 0.717) is 23.7 Å². The second kappa shape index (κ2) is 8.33. The molecule has 4 rings (SSSR count). The van der Waals surface area contributed by atoms with Crippen molar-refractivity contribution < 1.29 is 9.84 Å². The lowest BCUT2D eigenvalue weighted by Crippen LogP contribution is -2.36. The molecule has 1 aliphatic rings. The van der Waals surface area contributed by atoms with Crippen LogP contribution in [0.4, 0.5) is 11.6 Å². The number of anilines is 2. The fourth-order valence-corrected chi connectivity index (χ4v) is 3.67. The van der Waals surface area contributed by atoms with Gasteiger partial charge in [0.15, 0.2) is 11.6 Å². The minimum Gasteiger partial charge on any atom is -0.495 e. The van der Waals surface area contributed by atoms with Gasteiger partial charge < -0.3 is 20.1 Å². The van der Waals surface area contributed by atoms with Crippen molar-refractivity contribution in [1.29, 1.82) is 5.26 Å². The summed E-state index contributed by atoms with van der Waals surface area (Å²) in [5.41, 5.74) is 1.47. The minimum absolute atomic E-state index is 0.228. The van der Waals surface area contributed by atoms with E-state index in [4.69, 9.17) is 4.74 Å². The molecule has 2 N–H and O–H groups in total. The molecule has 0 bridgehead atoms. The molecule has 7 nitrogen and oxygen atoms in total. The van der Waals surface area contributed by atoms with E-state index in [1.54, 1.807) is 13.2 Å². The average Bonchev–Trinajstić information content (AvgIpc) is 2.78. The first-order valence-corrected chi connectivity index (χ1v) is 9.69. The van der Waals surface area contributed by atoms with Crippen molar-refractivity contribution in [2.24, 2.45) is 0 Å². The lowest BCUT2D eigenvalue weighted by Gasteiger charge is -2.31. The number of benzene rings is 2. The Hall–Kier alpha value is -3.37. The van der Waals surface area contributed by atoms with E-state index in [0.717, 1.165) is 48.1 Å². The molecule has 29 heavy (non-hydrogen) atoms. The van der Waals surface area contributed by atoms with Crippen molar-refractivity contribution in [3.8, 4) is 11.8 Å². The van der Waals surface area contributed by atoms with Crippen LogP contribution in [0.3, 0.4) is 0 Å². The predicted molar refractivity (Wildman–Crippen MR) is 112 cm³/mol. The summed E-state index contributed by atoms with van der Waals surface area (Å²) in [5.74, 6) is 2.13. The molecular weight excluding hydrogens is 366 g/mol.